The molecular formula is C49H33N. The molecule has 50 heavy (non-hydrogen) atoms. The van der Waals surface area contributed by atoms with Gasteiger partial charge in [-0.2, -0.15) is 0 Å². The second-order valence-corrected chi connectivity index (χ2v) is 14.1. The predicted molar refractivity (Wildman–Crippen MR) is 210 cm³/mol. The Bertz CT molecular complexity index is 2830. The maximum Gasteiger partial charge on any atom is 0.0747 e. The zero-order chi connectivity index (χ0) is 33.1. The summed E-state index contributed by atoms with van der Waals surface area (Å²) in [6.45, 7) is 2.16. The number of benzene rings is 8. The maximum atomic E-state index is 2.42. The minimum atomic E-state index is -0.428. The van der Waals surface area contributed by atoms with Gasteiger partial charge < -0.3 is 4.57 Å². The molecule has 234 valence electrons. The third-order valence-electron chi connectivity index (χ3n) is 11.7. The van der Waals surface area contributed by atoms with Crippen LogP contribution in [-0.4, -0.2) is 4.57 Å². The van der Waals surface area contributed by atoms with Crippen LogP contribution in [0.2, 0.25) is 0 Å². The van der Waals surface area contributed by atoms with Crippen molar-refractivity contribution >= 4 is 32.4 Å². The van der Waals surface area contributed by atoms with E-state index in [0.29, 0.717) is 0 Å². The summed E-state index contributed by atoms with van der Waals surface area (Å²) in [5, 5.41) is 6.46. The van der Waals surface area contributed by atoms with Crippen LogP contribution in [0.3, 0.4) is 0 Å². The smallest absolute Gasteiger partial charge is 0.0747 e. The predicted octanol–water partition coefficient (Wildman–Crippen LogP) is 12.5. The summed E-state index contributed by atoms with van der Waals surface area (Å²) in [6, 6.07) is 61.5. The molecule has 0 aliphatic heterocycles. The highest BCUT2D eigenvalue weighted by Gasteiger charge is 2.54. The lowest BCUT2D eigenvalue weighted by molar-refractivity contribution is 0.800. The van der Waals surface area contributed by atoms with Crippen LogP contribution in [0.15, 0.2) is 164 Å². The minimum Gasteiger partial charge on any atom is -0.343 e. The topological polar surface area (TPSA) is 4.93 Å². The Labute approximate surface area is 291 Å². The SMILES string of the molecule is Cc1ccc(-c2c3ccccc3c(-c3cccc4c3-c3ccccc3C43c4ccccc4-c4c3c3ccccc3n4C)c3ccccc23)cc1. The first-order valence-electron chi connectivity index (χ1n) is 17.6. The molecule has 0 N–H and O–H groups in total. The fourth-order valence-corrected chi connectivity index (χ4v) is 9.79. The molecule has 9 aromatic rings. The summed E-state index contributed by atoms with van der Waals surface area (Å²) in [5.74, 6) is 0. The number of nitrogens with zero attached hydrogens (tertiary/aromatic N) is 1. The first-order valence-corrected chi connectivity index (χ1v) is 17.6. The lowest BCUT2D eigenvalue weighted by Crippen LogP contribution is -2.25. The van der Waals surface area contributed by atoms with E-state index in [0.717, 1.165) is 0 Å². The Balaban J connectivity index is 1.31. The van der Waals surface area contributed by atoms with E-state index < -0.39 is 5.41 Å². The van der Waals surface area contributed by atoms with Gasteiger partial charge in [0.25, 0.3) is 0 Å². The van der Waals surface area contributed by atoms with Crippen molar-refractivity contribution in [2.45, 2.75) is 12.3 Å². The quantitative estimate of drug-likeness (QED) is 0.167. The largest absolute Gasteiger partial charge is 0.343 e. The second kappa shape index (κ2) is 9.94. The lowest BCUT2D eigenvalue weighted by atomic mass is 9.70. The normalized spacial score (nSPS) is 15.5. The van der Waals surface area contributed by atoms with Crippen molar-refractivity contribution in [2.75, 3.05) is 0 Å². The van der Waals surface area contributed by atoms with Crippen molar-refractivity contribution in [1.82, 2.24) is 4.57 Å². The molecule has 1 aromatic heterocycles. The number of hydrogen-bond donors (Lipinski definition) is 0. The van der Waals surface area contributed by atoms with Crippen LogP contribution in [0.25, 0.3) is 77.1 Å². The third-order valence-corrected chi connectivity index (χ3v) is 11.7. The van der Waals surface area contributed by atoms with Crippen LogP contribution in [0.4, 0.5) is 0 Å². The number of aromatic nitrogens is 1. The summed E-state index contributed by atoms with van der Waals surface area (Å²) in [7, 11) is 2.24. The van der Waals surface area contributed by atoms with Gasteiger partial charge in [-0.25, -0.2) is 0 Å². The van der Waals surface area contributed by atoms with Gasteiger partial charge in [0.2, 0.25) is 0 Å². The fraction of sp³-hybridized carbons (Fsp3) is 0.0612. The highest BCUT2D eigenvalue weighted by Crippen LogP contribution is 2.66. The maximum absolute atomic E-state index is 2.42. The Morgan fingerprint density at radius 1 is 0.400 bits per heavy atom. The molecule has 0 bridgehead atoms. The molecular weight excluding hydrogens is 603 g/mol. The van der Waals surface area contributed by atoms with Crippen LogP contribution in [0, 0.1) is 6.92 Å². The van der Waals surface area contributed by atoms with Crippen molar-refractivity contribution in [3.8, 4) is 44.6 Å². The molecule has 1 nitrogen and oxygen atoms in total. The molecule has 0 amide bonds. The minimum absolute atomic E-state index is 0.428. The van der Waals surface area contributed by atoms with Crippen molar-refractivity contribution in [3.63, 3.8) is 0 Å². The molecule has 2 aliphatic carbocycles. The number of aryl methyl sites for hydroxylation is 2. The second-order valence-electron chi connectivity index (χ2n) is 14.1. The van der Waals surface area contributed by atoms with Gasteiger partial charge in [-0.3, -0.25) is 0 Å². The number of para-hydroxylation sites is 1. The van der Waals surface area contributed by atoms with Gasteiger partial charge in [-0.1, -0.05) is 163 Å². The van der Waals surface area contributed by atoms with E-state index in [-0.39, 0.29) is 0 Å². The van der Waals surface area contributed by atoms with Gasteiger partial charge in [0.15, 0.2) is 0 Å². The Morgan fingerprint density at radius 2 is 0.900 bits per heavy atom. The van der Waals surface area contributed by atoms with E-state index in [1.54, 1.807) is 0 Å². The summed E-state index contributed by atoms with van der Waals surface area (Å²) in [4.78, 5) is 0. The van der Waals surface area contributed by atoms with E-state index in [1.807, 2.05) is 0 Å². The number of fused-ring (bicyclic) bond motifs is 14. The van der Waals surface area contributed by atoms with Crippen molar-refractivity contribution < 1.29 is 0 Å². The summed E-state index contributed by atoms with van der Waals surface area (Å²) < 4.78 is 2.42. The van der Waals surface area contributed by atoms with E-state index in [9.17, 15) is 0 Å². The Kier molecular flexibility index (Phi) is 5.51. The number of hydrogen-bond acceptors (Lipinski definition) is 0. The van der Waals surface area contributed by atoms with Crippen LogP contribution >= 0.6 is 0 Å². The highest BCUT2D eigenvalue weighted by atomic mass is 15.0. The molecule has 0 radical (unpaired) electrons. The zero-order valence-electron chi connectivity index (χ0n) is 28.0. The first kappa shape index (κ1) is 27.7. The first-order chi connectivity index (χ1) is 24.7. The summed E-state index contributed by atoms with van der Waals surface area (Å²) in [6.07, 6.45) is 0. The van der Waals surface area contributed by atoms with E-state index in [1.165, 1.54) is 105 Å². The van der Waals surface area contributed by atoms with Gasteiger partial charge in [0, 0.05) is 29.1 Å². The summed E-state index contributed by atoms with van der Waals surface area (Å²) in [5.41, 5.74) is 18.1. The van der Waals surface area contributed by atoms with Crippen LogP contribution in [0.5, 0.6) is 0 Å². The highest BCUT2D eigenvalue weighted by molar-refractivity contribution is 6.23. The molecule has 0 fully saturated rings. The summed E-state index contributed by atoms with van der Waals surface area (Å²) >= 11 is 0. The molecule has 1 heteroatoms. The Morgan fingerprint density at radius 3 is 1.58 bits per heavy atom. The van der Waals surface area contributed by atoms with Crippen molar-refractivity contribution in [3.05, 3.63) is 192 Å². The van der Waals surface area contributed by atoms with E-state index >= 15 is 0 Å². The zero-order valence-corrected chi connectivity index (χ0v) is 28.0. The van der Waals surface area contributed by atoms with Gasteiger partial charge in [0.05, 0.1) is 11.1 Å². The van der Waals surface area contributed by atoms with Crippen LogP contribution in [0.1, 0.15) is 27.8 Å². The molecule has 1 atom stereocenters. The fourth-order valence-electron chi connectivity index (χ4n) is 9.79. The van der Waals surface area contributed by atoms with E-state index in [4.69, 9.17) is 0 Å². The van der Waals surface area contributed by atoms with Crippen LogP contribution < -0.4 is 0 Å². The van der Waals surface area contributed by atoms with Gasteiger partial charge in [-0.15, -0.1) is 0 Å². The molecule has 1 heterocycles. The molecule has 0 saturated heterocycles. The van der Waals surface area contributed by atoms with Crippen LogP contribution in [-0.2, 0) is 12.5 Å². The monoisotopic (exact) mass is 635 g/mol. The third kappa shape index (κ3) is 3.32. The number of rotatable bonds is 2. The molecule has 0 saturated carbocycles. The average molecular weight is 636 g/mol. The molecule has 1 unspecified atom stereocenters. The van der Waals surface area contributed by atoms with Gasteiger partial charge >= 0.3 is 0 Å². The van der Waals surface area contributed by atoms with Gasteiger partial charge in [-0.05, 0) is 84.6 Å². The molecule has 8 aromatic carbocycles. The van der Waals surface area contributed by atoms with E-state index in [2.05, 4.69) is 182 Å². The van der Waals surface area contributed by atoms with Crippen molar-refractivity contribution in [1.29, 1.82) is 0 Å². The molecule has 1 spiro atoms. The van der Waals surface area contributed by atoms with Gasteiger partial charge in [0.1, 0.15) is 0 Å². The Hall–Kier alpha value is -6.18. The molecule has 11 rings (SSSR count). The lowest BCUT2D eigenvalue weighted by Gasteiger charge is -2.30. The average Bonchev–Trinajstić information content (AvgIpc) is 3.76. The molecule has 2 aliphatic rings. The van der Waals surface area contributed by atoms with Crippen molar-refractivity contribution in [2.24, 2.45) is 7.05 Å². The standard InChI is InChI=1S/C49H33N/c1-30-26-28-31(29-27-30)44-32-14-3-5-16-34(32)45(35-17-6-4-15-33(35)44)39-21-13-24-42-46(39)36-18-7-10-22-40(36)49(42)41-23-11-8-19-37(41)48-47(49)38-20-9-12-25-43(38)50(48)2/h3-29H,1-2H3.